The average Bonchev–Trinajstić information content (AvgIpc) is 2.27. The maximum absolute atomic E-state index is 12.6. The van der Waals surface area contributed by atoms with Crippen molar-refractivity contribution in [2.24, 2.45) is 0 Å². The SMILES string of the molecule is O=C(NCC(F)(F)CO)c1ccncc1. The van der Waals surface area contributed by atoms with Gasteiger partial charge in [0.25, 0.3) is 11.8 Å². The van der Waals surface area contributed by atoms with Crippen molar-refractivity contribution >= 4 is 5.91 Å². The summed E-state index contributed by atoms with van der Waals surface area (Å²) < 4.78 is 25.1. The molecule has 0 saturated heterocycles. The van der Waals surface area contributed by atoms with Crippen LogP contribution >= 0.6 is 0 Å². The average molecular weight is 216 g/mol. The standard InChI is InChI=1S/C9H10F2N2O2/c10-9(11,6-14)5-13-8(15)7-1-3-12-4-2-7/h1-4,14H,5-6H2,(H,13,15). The molecule has 0 aliphatic heterocycles. The van der Waals surface area contributed by atoms with Crippen LogP contribution in [0.1, 0.15) is 10.4 Å². The molecule has 2 N–H and O–H groups in total. The zero-order valence-corrected chi connectivity index (χ0v) is 7.78. The van der Waals surface area contributed by atoms with Crippen molar-refractivity contribution in [2.45, 2.75) is 5.92 Å². The molecule has 0 saturated carbocycles. The predicted molar refractivity (Wildman–Crippen MR) is 48.6 cm³/mol. The summed E-state index contributed by atoms with van der Waals surface area (Å²) in [6, 6.07) is 2.82. The van der Waals surface area contributed by atoms with E-state index < -0.39 is 25.0 Å². The fraction of sp³-hybridized carbons (Fsp3) is 0.333. The highest BCUT2D eigenvalue weighted by molar-refractivity contribution is 5.93. The van der Waals surface area contributed by atoms with Crippen LogP contribution < -0.4 is 5.32 Å². The highest BCUT2D eigenvalue weighted by Gasteiger charge is 2.28. The lowest BCUT2D eigenvalue weighted by Gasteiger charge is -2.13. The predicted octanol–water partition coefficient (Wildman–Crippen LogP) is 0.439. The Bertz CT molecular complexity index is 330. The van der Waals surface area contributed by atoms with E-state index in [1.807, 2.05) is 5.32 Å². The van der Waals surface area contributed by atoms with E-state index in [1.165, 1.54) is 24.5 Å². The number of hydrogen-bond donors (Lipinski definition) is 2. The summed E-state index contributed by atoms with van der Waals surface area (Å²) in [5.41, 5.74) is 0.249. The summed E-state index contributed by atoms with van der Waals surface area (Å²) in [6.45, 7) is -2.17. The van der Waals surface area contributed by atoms with Gasteiger partial charge in [-0.1, -0.05) is 0 Å². The van der Waals surface area contributed by atoms with Crippen LogP contribution in [-0.2, 0) is 0 Å². The first-order valence-corrected chi connectivity index (χ1v) is 4.22. The van der Waals surface area contributed by atoms with Crippen LogP contribution in [0.2, 0.25) is 0 Å². The molecule has 1 amide bonds. The topological polar surface area (TPSA) is 62.2 Å². The number of pyridine rings is 1. The number of rotatable bonds is 4. The van der Waals surface area contributed by atoms with E-state index in [9.17, 15) is 13.6 Å². The molecule has 1 rings (SSSR count). The van der Waals surface area contributed by atoms with Crippen molar-refractivity contribution in [3.63, 3.8) is 0 Å². The van der Waals surface area contributed by atoms with Crippen LogP contribution in [0.4, 0.5) is 8.78 Å². The van der Waals surface area contributed by atoms with Crippen molar-refractivity contribution in [3.05, 3.63) is 30.1 Å². The molecule has 0 fully saturated rings. The Labute approximate surface area is 84.9 Å². The monoisotopic (exact) mass is 216 g/mol. The largest absolute Gasteiger partial charge is 0.390 e. The van der Waals surface area contributed by atoms with E-state index in [0.29, 0.717) is 0 Å². The van der Waals surface area contributed by atoms with Gasteiger partial charge in [-0.3, -0.25) is 9.78 Å². The van der Waals surface area contributed by atoms with E-state index in [1.54, 1.807) is 0 Å². The first-order valence-electron chi connectivity index (χ1n) is 4.22. The molecule has 82 valence electrons. The van der Waals surface area contributed by atoms with Crippen LogP contribution in [0.5, 0.6) is 0 Å². The van der Waals surface area contributed by atoms with Gasteiger partial charge in [0, 0.05) is 18.0 Å². The van der Waals surface area contributed by atoms with Crippen molar-refractivity contribution < 1.29 is 18.7 Å². The second-order valence-corrected chi connectivity index (χ2v) is 2.93. The van der Waals surface area contributed by atoms with Crippen LogP contribution in [-0.4, -0.2) is 35.1 Å². The second-order valence-electron chi connectivity index (χ2n) is 2.93. The third-order valence-corrected chi connectivity index (χ3v) is 1.68. The third kappa shape index (κ3) is 3.59. The van der Waals surface area contributed by atoms with Gasteiger partial charge in [-0.2, -0.15) is 0 Å². The van der Waals surface area contributed by atoms with Gasteiger partial charge in [-0.25, -0.2) is 8.78 Å². The molecular formula is C9H10F2N2O2. The quantitative estimate of drug-likeness (QED) is 0.767. The van der Waals surface area contributed by atoms with Crippen molar-refractivity contribution in [3.8, 4) is 0 Å². The van der Waals surface area contributed by atoms with Crippen molar-refractivity contribution in [2.75, 3.05) is 13.2 Å². The van der Waals surface area contributed by atoms with Crippen LogP contribution in [0.3, 0.4) is 0 Å². The van der Waals surface area contributed by atoms with Gasteiger partial charge in [-0.05, 0) is 12.1 Å². The number of amides is 1. The smallest absolute Gasteiger partial charge is 0.287 e. The molecule has 0 spiro atoms. The highest BCUT2D eigenvalue weighted by atomic mass is 19.3. The molecule has 0 aliphatic rings. The molecule has 0 aromatic carbocycles. The Morgan fingerprint density at radius 1 is 1.47 bits per heavy atom. The number of aliphatic hydroxyl groups excluding tert-OH is 1. The number of nitrogens with one attached hydrogen (secondary N) is 1. The van der Waals surface area contributed by atoms with Gasteiger partial charge in [0.1, 0.15) is 6.61 Å². The van der Waals surface area contributed by atoms with Gasteiger partial charge < -0.3 is 10.4 Å². The van der Waals surface area contributed by atoms with E-state index in [0.717, 1.165) is 0 Å². The van der Waals surface area contributed by atoms with Gasteiger partial charge in [0.2, 0.25) is 0 Å². The Kier molecular flexibility index (Phi) is 3.68. The lowest BCUT2D eigenvalue weighted by atomic mass is 10.2. The van der Waals surface area contributed by atoms with Gasteiger partial charge in [0.05, 0.1) is 6.54 Å². The van der Waals surface area contributed by atoms with Crippen molar-refractivity contribution in [1.29, 1.82) is 0 Å². The maximum atomic E-state index is 12.6. The van der Waals surface area contributed by atoms with Gasteiger partial charge in [0.15, 0.2) is 0 Å². The fourth-order valence-electron chi connectivity index (χ4n) is 0.871. The molecule has 0 aliphatic carbocycles. The van der Waals surface area contributed by atoms with E-state index >= 15 is 0 Å². The van der Waals surface area contributed by atoms with Gasteiger partial charge >= 0.3 is 0 Å². The molecule has 0 bridgehead atoms. The summed E-state index contributed by atoms with van der Waals surface area (Å²) in [5, 5.41) is 10.3. The molecular weight excluding hydrogens is 206 g/mol. The minimum atomic E-state index is -3.29. The number of nitrogens with zero attached hydrogens (tertiary/aromatic N) is 1. The molecule has 0 radical (unpaired) electrons. The lowest BCUT2D eigenvalue weighted by Crippen LogP contribution is -2.38. The molecule has 15 heavy (non-hydrogen) atoms. The van der Waals surface area contributed by atoms with Crippen molar-refractivity contribution in [1.82, 2.24) is 10.3 Å². The maximum Gasteiger partial charge on any atom is 0.287 e. The van der Waals surface area contributed by atoms with Crippen LogP contribution in [0.25, 0.3) is 0 Å². The second kappa shape index (κ2) is 4.79. The third-order valence-electron chi connectivity index (χ3n) is 1.68. The molecule has 1 aromatic rings. The molecule has 6 heteroatoms. The van der Waals surface area contributed by atoms with Gasteiger partial charge in [-0.15, -0.1) is 0 Å². The molecule has 0 atom stereocenters. The zero-order chi connectivity index (χ0) is 11.3. The summed E-state index contributed by atoms with van der Waals surface area (Å²) in [7, 11) is 0. The van der Waals surface area contributed by atoms with Crippen LogP contribution in [0.15, 0.2) is 24.5 Å². The number of alkyl halides is 2. The number of halogens is 2. The number of carbonyl (C=O) groups is 1. The van der Waals surface area contributed by atoms with E-state index in [4.69, 9.17) is 5.11 Å². The normalized spacial score (nSPS) is 11.1. The number of hydrogen-bond acceptors (Lipinski definition) is 3. The molecule has 1 heterocycles. The number of aliphatic hydroxyl groups is 1. The fourth-order valence-corrected chi connectivity index (χ4v) is 0.871. The Hall–Kier alpha value is -1.56. The summed E-state index contributed by atoms with van der Waals surface area (Å²) in [4.78, 5) is 14.9. The Morgan fingerprint density at radius 3 is 2.60 bits per heavy atom. The first-order chi connectivity index (χ1) is 7.05. The lowest BCUT2D eigenvalue weighted by molar-refractivity contribution is -0.0462. The summed E-state index contributed by atoms with van der Waals surface area (Å²) >= 11 is 0. The number of aromatic nitrogens is 1. The molecule has 1 aromatic heterocycles. The highest BCUT2D eigenvalue weighted by Crippen LogP contribution is 2.10. The zero-order valence-electron chi connectivity index (χ0n) is 7.78. The minimum absolute atomic E-state index is 0.249. The summed E-state index contributed by atoms with van der Waals surface area (Å²) in [6.07, 6.45) is 2.78. The van der Waals surface area contributed by atoms with E-state index in [-0.39, 0.29) is 5.56 Å². The molecule has 4 nitrogen and oxygen atoms in total. The molecule has 0 unspecified atom stereocenters. The first kappa shape index (κ1) is 11.5. The van der Waals surface area contributed by atoms with E-state index in [2.05, 4.69) is 4.98 Å². The Morgan fingerprint density at radius 2 is 2.07 bits per heavy atom. The summed E-state index contributed by atoms with van der Waals surface area (Å²) in [5.74, 6) is -3.91. The van der Waals surface area contributed by atoms with Crippen LogP contribution in [0, 0.1) is 0 Å². The minimum Gasteiger partial charge on any atom is -0.390 e. The number of carbonyl (C=O) groups excluding carboxylic acids is 1. The Balaban J connectivity index is 2.51.